The largest absolute Gasteiger partial charge is 0.463 e. The molecule has 0 radical (unpaired) electrons. The highest BCUT2D eigenvalue weighted by molar-refractivity contribution is 5.37. The van der Waals surface area contributed by atoms with Gasteiger partial charge in [-0.15, -0.1) is 0 Å². The molecule has 1 saturated carbocycles. The molecule has 19 heavy (non-hydrogen) atoms. The van der Waals surface area contributed by atoms with Crippen LogP contribution in [-0.4, -0.2) is 34.1 Å². The van der Waals surface area contributed by atoms with Crippen molar-refractivity contribution in [2.75, 3.05) is 23.8 Å². The van der Waals surface area contributed by atoms with Crippen molar-refractivity contribution < 1.29 is 4.74 Å². The molecule has 0 aromatic carbocycles. The number of anilines is 2. The van der Waals surface area contributed by atoms with Crippen molar-refractivity contribution in [3.8, 4) is 6.01 Å². The Balaban J connectivity index is 2.17. The predicted octanol–water partition coefficient (Wildman–Crippen LogP) is 1.87. The van der Waals surface area contributed by atoms with Crippen LogP contribution in [0.4, 0.5) is 11.9 Å². The van der Waals surface area contributed by atoms with E-state index in [0.717, 1.165) is 18.9 Å². The monoisotopic (exact) mass is 265 g/mol. The maximum atomic E-state index is 5.75. The van der Waals surface area contributed by atoms with Crippen LogP contribution in [0.2, 0.25) is 0 Å². The van der Waals surface area contributed by atoms with Gasteiger partial charge in [-0.3, -0.25) is 0 Å². The molecule has 1 aliphatic rings. The number of ether oxygens (including phenoxy) is 1. The number of hydrogen-bond acceptors (Lipinski definition) is 6. The Morgan fingerprint density at radius 3 is 2.63 bits per heavy atom. The van der Waals surface area contributed by atoms with Gasteiger partial charge in [-0.25, -0.2) is 0 Å². The number of hydrogen-bond donors (Lipinski definition) is 1. The van der Waals surface area contributed by atoms with Gasteiger partial charge in [0.1, 0.15) is 0 Å². The van der Waals surface area contributed by atoms with Gasteiger partial charge in [0, 0.05) is 12.6 Å². The van der Waals surface area contributed by atoms with Gasteiger partial charge in [-0.05, 0) is 39.0 Å². The summed E-state index contributed by atoms with van der Waals surface area (Å²) in [6.07, 6.45) is 3.50. The molecule has 0 atom stereocenters. The van der Waals surface area contributed by atoms with E-state index >= 15 is 0 Å². The molecule has 0 bridgehead atoms. The third-order valence-electron chi connectivity index (χ3n) is 3.09. The van der Waals surface area contributed by atoms with Crippen molar-refractivity contribution >= 4 is 11.9 Å². The first-order chi connectivity index (χ1) is 9.10. The molecule has 0 unspecified atom stereocenters. The second-order valence-electron chi connectivity index (χ2n) is 5.31. The molecule has 1 aliphatic carbocycles. The van der Waals surface area contributed by atoms with Crippen LogP contribution in [0.15, 0.2) is 0 Å². The molecule has 106 valence electrons. The van der Waals surface area contributed by atoms with E-state index in [1.54, 1.807) is 0 Å². The fourth-order valence-electron chi connectivity index (χ4n) is 1.85. The van der Waals surface area contributed by atoms with E-state index in [9.17, 15) is 0 Å². The van der Waals surface area contributed by atoms with Gasteiger partial charge >= 0.3 is 6.01 Å². The van der Waals surface area contributed by atoms with Crippen LogP contribution < -0.4 is 15.4 Å². The summed E-state index contributed by atoms with van der Waals surface area (Å²) in [6, 6.07) is 0.659. The van der Waals surface area contributed by atoms with E-state index in [-0.39, 0.29) is 5.95 Å². The third kappa shape index (κ3) is 3.94. The first-order valence-corrected chi connectivity index (χ1v) is 7.01. The van der Waals surface area contributed by atoms with Crippen LogP contribution >= 0.6 is 0 Å². The Labute approximate surface area is 114 Å². The smallest absolute Gasteiger partial charge is 0.323 e. The van der Waals surface area contributed by atoms with E-state index in [1.807, 2.05) is 6.92 Å². The zero-order valence-corrected chi connectivity index (χ0v) is 12.0. The van der Waals surface area contributed by atoms with Crippen LogP contribution in [0.5, 0.6) is 6.01 Å². The summed E-state index contributed by atoms with van der Waals surface area (Å²) in [4.78, 5) is 14.8. The average molecular weight is 265 g/mol. The summed E-state index contributed by atoms with van der Waals surface area (Å²) < 4.78 is 5.46. The zero-order chi connectivity index (χ0) is 13.8. The molecule has 0 spiro atoms. The fourth-order valence-corrected chi connectivity index (χ4v) is 1.85. The molecular formula is C13H23N5O. The molecule has 1 fully saturated rings. The minimum absolute atomic E-state index is 0.220. The second kappa shape index (κ2) is 6.04. The van der Waals surface area contributed by atoms with Gasteiger partial charge in [0.05, 0.1) is 6.61 Å². The van der Waals surface area contributed by atoms with Crippen LogP contribution in [0.25, 0.3) is 0 Å². The lowest BCUT2D eigenvalue weighted by Crippen LogP contribution is -2.34. The average Bonchev–Trinajstić information content (AvgIpc) is 3.16. The van der Waals surface area contributed by atoms with Crippen molar-refractivity contribution in [2.24, 2.45) is 5.92 Å². The maximum Gasteiger partial charge on any atom is 0.323 e. The highest BCUT2D eigenvalue weighted by atomic mass is 16.5. The minimum atomic E-state index is 0.220. The van der Waals surface area contributed by atoms with Gasteiger partial charge in [-0.1, -0.05) is 6.92 Å². The van der Waals surface area contributed by atoms with Gasteiger partial charge in [-0.2, -0.15) is 15.0 Å². The van der Waals surface area contributed by atoms with E-state index in [1.165, 1.54) is 12.8 Å². The first kappa shape index (κ1) is 13.8. The lowest BCUT2D eigenvalue weighted by Gasteiger charge is -2.26. The summed E-state index contributed by atoms with van der Waals surface area (Å²) >= 11 is 0. The molecule has 1 aromatic heterocycles. The fraction of sp³-hybridized carbons (Fsp3) is 0.769. The quantitative estimate of drug-likeness (QED) is 0.811. The summed E-state index contributed by atoms with van der Waals surface area (Å²) in [5, 5.41) is 0. The number of nitrogens with zero attached hydrogens (tertiary/aromatic N) is 4. The third-order valence-corrected chi connectivity index (χ3v) is 3.09. The molecule has 2 N–H and O–H groups in total. The van der Waals surface area contributed by atoms with Gasteiger partial charge < -0.3 is 15.4 Å². The van der Waals surface area contributed by atoms with Crippen LogP contribution in [0, 0.1) is 5.92 Å². The molecule has 0 amide bonds. The predicted molar refractivity (Wildman–Crippen MR) is 75.2 cm³/mol. The molecule has 6 nitrogen and oxygen atoms in total. The Morgan fingerprint density at radius 2 is 2.05 bits per heavy atom. The van der Waals surface area contributed by atoms with E-state index in [4.69, 9.17) is 10.5 Å². The molecule has 6 heteroatoms. The minimum Gasteiger partial charge on any atom is -0.463 e. The molecule has 0 saturated heterocycles. The Morgan fingerprint density at radius 1 is 1.32 bits per heavy atom. The Bertz CT molecular complexity index is 419. The highest BCUT2D eigenvalue weighted by Gasteiger charge is 2.27. The normalized spacial score (nSPS) is 14.7. The maximum absolute atomic E-state index is 5.75. The van der Waals surface area contributed by atoms with E-state index in [2.05, 4.69) is 33.7 Å². The van der Waals surface area contributed by atoms with Crippen LogP contribution in [-0.2, 0) is 0 Å². The standard InChI is InChI=1S/C13H23N5O/c1-4-7-19-13-16-11(14)15-12(17-13)18(9(2)3)8-10-5-6-10/h9-10H,4-8H2,1-3H3,(H2,14,15,16,17). The molecule has 2 rings (SSSR count). The summed E-state index contributed by atoms with van der Waals surface area (Å²) in [6.45, 7) is 7.88. The van der Waals surface area contributed by atoms with Crippen LogP contribution in [0.1, 0.15) is 40.0 Å². The molecule has 0 aliphatic heterocycles. The van der Waals surface area contributed by atoms with E-state index in [0.29, 0.717) is 24.6 Å². The Kier molecular flexibility index (Phi) is 4.39. The molecule has 1 aromatic rings. The van der Waals surface area contributed by atoms with Gasteiger partial charge in [0.2, 0.25) is 11.9 Å². The lowest BCUT2D eigenvalue weighted by atomic mass is 10.3. The van der Waals surface area contributed by atoms with E-state index < -0.39 is 0 Å². The summed E-state index contributed by atoms with van der Waals surface area (Å²) in [7, 11) is 0. The second-order valence-corrected chi connectivity index (χ2v) is 5.31. The molecule has 1 heterocycles. The van der Waals surface area contributed by atoms with Crippen LogP contribution in [0.3, 0.4) is 0 Å². The number of nitrogens with two attached hydrogens (primary N) is 1. The SMILES string of the molecule is CCCOc1nc(N)nc(N(CC2CC2)C(C)C)n1. The first-order valence-electron chi connectivity index (χ1n) is 7.01. The topological polar surface area (TPSA) is 77.2 Å². The summed E-state index contributed by atoms with van der Waals surface area (Å²) in [5.74, 6) is 1.61. The lowest BCUT2D eigenvalue weighted by molar-refractivity contribution is 0.291. The van der Waals surface area contributed by atoms with Crippen molar-refractivity contribution in [2.45, 2.75) is 46.1 Å². The van der Waals surface area contributed by atoms with Crippen molar-refractivity contribution in [1.82, 2.24) is 15.0 Å². The van der Waals surface area contributed by atoms with Crippen molar-refractivity contribution in [3.63, 3.8) is 0 Å². The molecular weight excluding hydrogens is 242 g/mol. The van der Waals surface area contributed by atoms with Crippen molar-refractivity contribution in [1.29, 1.82) is 0 Å². The van der Waals surface area contributed by atoms with Crippen molar-refractivity contribution in [3.05, 3.63) is 0 Å². The van der Waals surface area contributed by atoms with Gasteiger partial charge in [0.15, 0.2) is 0 Å². The Hall–Kier alpha value is -1.59. The highest BCUT2D eigenvalue weighted by Crippen LogP contribution is 2.31. The van der Waals surface area contributed by atoms with Gasteiger partial charge in [0.25, 0.3) is 0 Å². The number of nitrogen functional groups attached to an aromatic ring is 1. The zero-order valence-electron chi connectivity index (χ0n) is 12.0. The summed E-state index contributed by atoms with van der Waals surface area (Å²) in [5.41, 5.74) is 5.75. The number of rotatable bonds is 7. The number of aromatic nitrogens is 3.